The molecule has 3 aliphatic rings. The van der Waals surface area contributed by atoms with E-state index in [4.69, 9.17) is 17.3 Å². The zero-order valence-corrected chi connectivity index (χ0v) is 23.6. The number of carbonyl (C=O) groups excluding carboxylic acids is 1. The molecule has 0 aromatic heterocycles. The topological polar surface area (TPSA) is 99.2 Å². The number of carboxylic acid groups (broad SMARTS) is 1. The number of anilines is 1. The molecule has 1 saturated carbocycles. The number of nitrogens with zero attached hydrogens (tertiary/aromatic N) is 3. The average molecular weight is 585 g/mol. The Labute approximate surface area is 243 Å². The molecular weight excluding hydrogens is 550 g/mol. The number of aliphatic carboxylic acids is 1. The third-order valence-corrected chi connectivity index (χ3v) is 8.56. The highest BCUT2D eigenvalue weighted by Crippen LogP contribution is 2.38. The number of amides is 1. The SMILES string of the molecule is N/C=C(/C(=O)O)C(=NC1CCCN(c2cc(Cl)ccc2-c2ccc(C3CCN(C(=O)C4CC4)CC3)cc2)C1)C(F)F. The lowest BCUT2D eigenvalue weighted by atomic mass is 9.88. The second kappa shape index (κ2) is 12.6. The second-order valence-corrected chi connectivity index (χ2v) is 11.5. The maximum atomic E-state index is 13.7. The van der Waals surface area contributed by atoms with Crippen LogP contribution < -0.4 is 10.6 Å². The van der Waals surface area contributed by atoms with Crippen LogP contribution in [-0.4, -0.2) is 66.2 Å². The van der Waals surface area contributed by atoms with Crippen LogP contribution in [0, 0.1) is 5.92 Å². The number of carbonyl (C=O) groups is 2. The van der Waals surface area contributed by atoms with Gasteiger partial charge in [0.05, 0.1) is 6.04 Å². The summed E-state index contributed by atoms with van der Waals surface area (Å²) in [5.74, 6) is -0.530. The van der Waals surface area contributed by atoms with Crippen molar-refractivity contribution in [2.24, 2.45) is 16.6 Å². The molecule has 2 aromatic rings. The van der Waals surface area contributed by atoms with Gasteiger partial charge in [0.2, 0.25) is 5.91 Å². The van der Waals surface area contributed by atoms with E-state index in [0.29, 0.717) is 49.0 Å². The van der Waals surface area contributed by atoms with Crippen molar-refractivity contribution in [3.8, 4) is 11.1 Å². The molecule has 1 aliphatic carbocycles. The summed E-state index contributed by atoms with van der Waals surface area (Å²) in [6.45, 7) is 2.66. The van der Waals surface area contributed by atoms with Crippen molar-refractivity contribution in [1.29, 1.82) is 0 Å². The molecule has 218 valence electrons. The summed E-state index contributed by atoms with van der Waals surface area (Å²) in [4.78, 5) is 32.1. The maximum absolute atomic E-state index is 13.7. The van der Waals surface area contributed by atoms with Gasteiger partial charge in [-0.1, -0.05) is 41.9 Å². The standard InChI is InChI=1S/C31H35ClF2N4O3/c32-23-9-10-25(21-5-3-19(4-6-21)20-11-14-37(15-12-20)30(39)22-7-8-22)27(16-23)38-13-1-2-24(18-38)36-28(29(33)34)26(17-35)31(40)41/h3-6,9-10,16-17,20,22,24,29H,1-2,7-8,11-15,18,35H2,(H,40,41)/b26-17+,36-28?. The lowest BCUT2D eigenvalue weighted by Gasteiger charge is -2.34. The summed E-state index contributed by atoms with van der Waals surface area (Å²) < 4.78 is 27.5. The molecule has 1 atom stereocenters. The minimum absolute atomic E-state index is 0.262. The number of halogens is 3. The van der Waals surface area contributed by atoms with E-state index in [1.54, 1.807) is 0 Å². The van der Waals surface area contributed by atoms with Gasteiger partial charge in [-0.2, -0.15) is 0 Å². The van der Waals surface area contributed by atoms with Gasteiger partial charge in [0, 0.05) is 54.6 Å². The van der Waals surface area contributed by atoms with Gasteiger partial charge in [-0.15, -0.1) is 0 Å². The molecular formula is C31H35ClF2N4O3. The molecule has 1 unspecified atom stereocenters. The smallest absolute Gasteiger partial charge is 0.339 e. The van der Waals surface area contributed by atoms with Crippen molar-refractivity contribution >= 4 is 34.9 Å². The monoisotopic (exact) mass is 584 g/mol. The van der Waals surface area contributed by atoms with Crippen molar-refractivity contribution in [2.75, 3.05) is 31.1 Å². The van der Waals surface area contributed by atoms with Crippen LogP contribution in [0.1, 0.15) is 50.0 Å². The lowest BCUT2D eigenvalue weighted by molar-refractivity contribution is -0.134. The van der Waals surface area contributed by atoms with Crippen molar-refractivity contribution in [3.63, 3.8) is 0 Å². The quantitative estimate of drug-likeness (QED) is 0.305. The molecule has 41 heavy (non-hydrogen) atoms. The number of piperidine rings is 2. The van der Waals surface area contributed by atoms with Crippen LogP contribution in [0.3, 0.4) is 0 Å². The van der Waals surface area contributed by atoms with Gasteiger partial charge in [0.1, 0.15) is 11.3 Å². The van der Waals surface area contributed by atoms with Crippen molar-refractivity contribution in [2.45, 2.75) is 56.9 Å². The third kappa shape index (κ3) is 6.72. The van der Waals surface area contributed by atoms with Gasteiger partial charge in [-0.25, -0.2) is 13.6 Å². The van der Waals surface area contributed by atoms with E-state index in [1.165, 1.54) is 5.56 Å². The molecule has 10 heteroatoms. The Morgan fingerprint density at radius 2 is 1.73 bits per heavy atom. The third-order valence-electron chi connectivity index (χ3n) is 8.32. The molecule has 3 fully saturated rings. The number of hydrogen-bond donors (Lipinski definition) is 2. The predicted molar refractivity (Wildman–Crippen MR) is 157 cm³/mol. The first-order chi connectivity index (χ1) is 19.7. The number of aliphatic imine (C=N–C) groups is 1. The minimum atomic E-state index is -3.05. The highest BCUT2D eigenvalue weighted by molar-refractivity contribution is 6.31. The molecule has 0 radical (unpaired) electrons. The number of rotatable bonds is 8. The average Bonchev–Trinajstić information content (AvgIpc) is 3.83. The number of alkyl halides is 2. The Balaban J connectivity index is 1.32. The van der Waals surface area contributed by atoms with Gasteiger partial charge < -0.3 is 20.6 Å². The molecule has 2 aliphatic heterocycles. The normalized spacial score (nSPS) is 20.9. The molecule has 5 rings (SSSR count). The predicted octanol–water partition coefficient (Wildman–Crippen LogP) is 5.73. The van der Waals surface area contributed by atoms with Crippen LogP contribution in [-0.2, 0) is 9.59 Å². The molecule has 0 spiro atoms. The Hall–Kier alpha value is -3.46. The van der Waals surface area contributed by atoms with E-state index in [1.807, 2.05) is 23.1 Å². The first-order valence-electron chi connectivity index (χ1n) is 14.2. The number of carboxylic acids is 1. The summed E-state index contributed by atoms with van der Waals surface area (Å²) in [6, 6.07) is 13.7. The van der Waals surface area contributed by atoms with Crippen molar-refractivity contribution in [1.82, 2.24) is 4.90 Å². The van der Waals surface area contributed by atoms with E-state index in [9.17, 15) is 23.5 Å². The Bertz CT molecular complexity index is 1340. The Kier molecular flexibility index (Phi) is 8.92. The van der Waals surface area contributed by atoms with Gasteiger partial charge in [0.15, 0.2) is 0 Å². The highest BCUT2D eigenvalue weighted by atomic mass is 35.5. The summed E-state index contributed by atoms with van der Waals surface area (Å²) in [5.41, 5.74) is 7.98. The second-order valence-electron chi connectivity index (χ2n) is 11.1. The molecule has 2 heterocycles. The van der Waals surface area contributed by atoms with Gasteiger partial charge in [0.25, 0.3) is 6.43 Å². The number of nitrogens with two attached hydrogens (primary N) is 1. The van der Waals surface area contributed by atoms with Crippen LogP contribution in [0.2, 0.25) is 5.02 Å². The summed E-state index contributed by atoms with van der Waals surface area (Å²) in [5, 5.41) is 9.86. The Morgan fingerprint density at radius 3 is 2.34 bits per heavy atom. The van der Waals surface area contributed by atoms with E-state index in [-0.39, 0.29) is 5.92 Å². The zero-order chi connectivity index (χ0) is 29.1. The van der Waals surface area contributed by atoms with E-state index in [0.717, 1.165) is 55.6 Å². The van der Waals surface area contributed by atoms with Crippen LogP contribution in [0.25, 0.3) is 11.1 Å². The van der Waals surface area contributed by atoms with E-state index < -0.39 is 29.7 Å². The van der Waals surface area contributed by atoms with Gasteiger partial charge >= 0.3 is 5.97 Å². The number of likely N-dealkylation sites (tertiary alicyclic amines) is 1. The van der Waals surface area contributed by atoms with Crippen LogP contribution in [0.5, 0.6) is 0 Å². The fourth-order valence-corrected chi connectivity index (χ4v) is 6.12. The van der Waals surface area contributed by atoms with Gasteiger partial charge in [-0.05, 0) is 67.7 Å². The van der Waals surface area contributed by atoms with Crippen LogP contribution in [0.15, 0.2) is 59.2 Å². The molecule has 7 nitrogen and oxygen atoms in total. The minimum Gasteiger partial charge on any atom is -0.478 e. The molecule has 2 saturated heterocycles. The summed E-state index contributed by atoms with van der Waals surface area (Å²) in [6.07, 6.45) is 2.86. The molecule has 2 aromatic carbocycles. The lowest BCUT2D eigenvalue weighted by Crippen LogP contribution is -2.39. The maximum Gasteiger partial charge on any atom is 0.339 e. The highest BCUT2D eigenvalue weighted by Gasteiger charge is 2.35. The molecule has 1 amide bonds. The largest absolute Gasteiger partial charge is 0.478 e. The van der Waals surface area contributed by atoms with E-state index >= 15 is 0 Å². The van der Waals surface area contributed by atoms with Gasteiger partial charge in [-0.3, -0.25) is 9.79 Å². The zero-order valence-electron chi connectivity index (χ0n) is 22.8. The Morgan fingerprint density at radius 1 is 1.02 bits per heavy atom. The van der Waals surface area contributed by atoms with E-state index in [2.05, 4.69) is 34.2 Å². The van der Waals surface area contributed by atoms with Crippen LogP contribution in [0.4, 0.5) is 14.5 Å². The number of hydrogen-bond acceptors (Lipinski definition) is 5. The summed E-state index contributed by atoms with van der Waals surface area (Å²) in [7, 11) is 0. The fourth-order valence-electron chi connectivity index (χ4n) is 5.95. The molecule has 3 N–H and O–H groups in total. The fraction of sp³-hybridized carbons (Fsp3) is 0.452. The molecule has 0 bridgehead atoms. The van der Waals surface area contributed by atoms with Crippen molar-refractivity contribution in [3.05, 3.63) is 64.8 Å². The van der Waals surface area contributed by atoms with Crippen molar-refractivity contribution < 1.29 is 23.5 Å². The summed E-state index contributed by atoms with van der Waals surface area (Å²) >= 11 is 6.40. The first-order valence-corrected chi connectivity index (χ1v) is 14.6. The first kappa shape index (κ1) is 29.0. The number of benzene rings is 2. The van der Waals surface area contributed by atoms with Crippen LogP contribution >= 0.6 is 11.6 Å².